The van der Waals surface area contributed by atoms with Crippen molar-refractivity contribution >= 4 is 47.8 Å². The second kappa shape index (κ2) is 4.96. The van der Waals surface area contributed by atoms with Gasteiger partial charge in [0.25, 0.3) is 0 Å². The summed E-state index contributed by atoms with van der Waals surface area (Å²) in [4.78, 5) is 0. The zero-order valence-corrected chi connectivity index (χ0v) is 13.3. The third-order valence-electron chi connectivity index (χ3n) is 2.84. The van der Waals surface area contributed by atoms with Gasteiger partial charge in [-0.1, -0.05) is 28.8 Å². The molecule has 0 saturated heterocycles. The highest BCUT2D eigenvalue weighted by Gasteiger charge is 2.27. The molecule has 1 aromatic carbocycles. The van der Waals surface area contributed by atoms with Gasteiger partial charge in [-0.15, -0.1) is 0 Å². The van der Waals surface area contributed by atoms with Crippen LogP contribution in [0, 0.1) is 5.92 Å². The number of phenols is 1. The Morgan fingerprint density at radius 2 is 1.94 bits per heavy atom. The van der Waals surface area contributed by atoms with Gasteiger partial charge in [0.15, 0.2) is 0 Å². The van der Waals surface area contributed by atoms with E-state index in [4.69, 9.17) is 5.73 Å². The molecule has 2 nitrogen and oxygen atoms in total. The molecule has 16 heavy (non-hydrogen) atoms. The Kier molecular flexibility index (Phi) is 3.99. The maximum atomic E-state index is 9.84. The first kappa shape index (κ1) is 12.9. The number of nitrogens with two attached hydrogens (primary N) is 1. The lowest BCUT2D eigenvalue weighted by atomic mass is 10.0. The van der Waals surface area contributed by atoms with Crippen molar-refractivity contribution in [1.29, 1.82) is 0 Å². The van der Waals surface area contributed by atoms with Crippen LogP contribution in [-0.4, -0.2) is 5.11 Å². The molecule has 5 heteroatoms. The van der Waals surface area contributed by atoms with Crippen LogP contribution in [0.5, 0.6) is 5.75 Å². The first-order chi connectivity index (χ1) is 7.50. The van der Waals surface area contributed by atoms with Crippen molar-refractivity contribution in [2.75, 3.05) is 0 Å². The van der Waals surface area contributed by atoms with Crippen molar-refractivity contribution in [2.45, 2.75) is 25.3 Å². The van der Waals surface area contributed by atoms with Gasteiger partial charge < -0.3 is 10.8 Å². The first-order valence-corrected chi connectivity index (χ1v) is 7.50. The minimum absolute atomic E-state index is 0.0322. The van der Waals surface area contributed by atoms with E-state index in [9.17, 15) is 5.11 Å². The molecule has 88 valence electrons. The van der Waals surface area contributed by atoms with E-state index in [1.807, 2.05) is 6.07 Å². The van der Waals surface area contributed by atoms with Gasteiger partial charge in [0.2, 0.25) is 0 Å². The summed E-state index contributed by atoms with van der Waals surface area (Å²) in [7, 11) is 0. The second-order valence-electron chi connectivity index (χ2n) is 4.20. The lowest BCUT2D eigenvalue weighted by Crippen LogP contribution is -2.12. The van der Waals surface area contributed by atoms with E-state index in [0.717, 1.165) is 22.4 Å². The van der Waals surface area contributed by atoms with Gasteiger partial charge in [0, 0.05) is 16.1 Å². The van der Waals surface area contributed by atoms with E-state index in [-0.39, 0.29) is 11.8 Å². The van der Waals surface area contributed by atoms with Crippen LogP contribution in [0.1, 0.15) is 30.9 Å². The average Bonchev–Trinajstić information content (AvgIpc) is 2.98. The number of halogens is 3. The molecule has 1 fully saturated rings. The van der Waals surface area contributed by atoms with Crippen LogP contribution in [0.25, 0.3) is 0 Å². The molecular weight excluding hydrogens is 402 g/mol. The van der Waals surface area contributed by atoms with Crippen molar-refractivity contribution in [2.24, 2.45) is 11.7 Å². The zero-order chi connectivity index (χ0) is 11.9. The Hall–Kier alpha value is 0.420. The second-order valence-corrected chi connectivity index (χ2v) is 6.70. The highest BCUT2D eigenvalue weighted by Crippen LogP contribution is 2.45. The highest BCUT2D eigenvalue weighted by molar-refractivity contribution is 9.11. The molecule has 0 radical (unpaired) electrons. The predicted molar refractivity (Wildman–Crippen MR) is 75.5 cm³/mol. The molecule has 1 aliphatic rings. The monoisotopic (exact) mass is 411 g/mol. The molecular formula is C11H12Br3NO. The average molecular weight is 414 g/mol. The molecule has 0 aliphatic heterocycles. The predicted octanol–water partition coefficient (Wildman–Crippen LogP) is 4.48. The van der Waals surface area contributed by atoms with Crippen LogP contribution < -0.4 is 5.73 Å². The third kappa shape index (κ3) is 2.63. The van der Waals surface area contributed by atoms with Crippen molar-refractivity contribution in [1.82, 2.24) is 0 Å². The topological polar surface area (TPSA) is 46.2 Å². The van der Waals surface area contributed by atoms with Crippen molar-refractivity contribution in [3.05, 3.63) is 25.0 Å². The smallest absolute Gasteiger partial charge is 0.144 e. The molecule has 0 heterocycles. The van der Waals surface area contributed by atoms with Crippen LogP contribution in [0.2, 0.25) is 0 Å². The maximum Gasteiger partial charge on any atom is 0.144 e. The lowest BCUT2D eigenvalue weighted by Gasteiger charge is -2.17. The number of hydrogen-bond donors (Lipinski definition) is 2. The summed E-state index contributed by atoms with van der Waals surface area (Å²) in [5, 5.41) is 9.84. The fraction of sp³-hybridized carbons (Fsp3) is 0.455. The summed E-state index contributed by atoms with van der Waals surface area (Å²) >= 11 is 10.2. The van der Waals surface area contributed by atoms with Crippen LogP contribution >= 0.6 is 47.8 Å². The zero-order valence-electron chi connectivity index (χ0n) is 8.51. The molecule has 1 saturated carbocycles. The summed E-state index contributed by atoms with van der Waals surface area (Å²) in [5.74, 6) is 0.976. The number of hydrogen-bond acceptors (Lipinski definition) is 2. The molecule has 0 spiro atoms. The van der Waals surface area contributed by atoms with E-state index in [2.05, 4.69) is 47.8 Å². The first-order valence-electron chi connectivity index (χ1n) is 5.12. The SMILES string of the molecule is N[C@H](CC1CC1)c1c(Br)cc(Br)c(O)c1Br. The Morgan fingerprint density at radius 1 is 1.31 bits per heavy atom. The Morgan fingerprint density at radius 3 is 2.50 bits per heavy atom. The van der Waals surface area contributed by atoms with E-state index in [1.54, 1.807) is 0 Å². The van der Waals surface area contributed by atoms with Crippen molar-refractivity contribution < 1.29 is 5.11 Å². The molecule has 0 amide bonds. The molecule has 2 rings (SSSR count). The summed E-state index contributed by atoms with van der Waals surface area (Å²) in [6.45, 7) is 0. The quantitative estimate of drug-likeness (QED) is 0.767. The Balaban J connectivity index is 2.34. The van der Waals surface area contributed by atoms with Gasteiger partial charge in [-0.2, -0.15) is 0 Å². The van der Waals surface area contributed by atoms with Crippen LogP contribution in [0.4, 0.5) is 0 Å². The molecule has 1 aliphatic carbocycles. The van der Waals surface area contributed by atoms with Gasteiger partial charge in [0.1, 0.15) is 5.75 Å². The fourth-order valence-corrected chi connectivity index (χ4v) is 4.47. The van der Waals surface area contributed by atoms with Crippen LogP contribution in [0.3, 0.4) is 0 Å². The number of aromatic hydroxyl groups is 1. The molecule has 0 bridgehead atoms. The van der Waals surface area contributed by atoms with Crippen molar-refractivity contribution in [3.8, 4) is 5.75 Å². The normalized spacial score (nSPS) is 17.5. The Bertz CT molecular complexity index is 418. The van der Waals surface area contributed by atoms with Crippen LogP contribution in [-0.2, 0) is 0 Å². The summed E-state index contributed by atoms with van der Waals surface area (Å²) in [5.41, 5.74) is 7.12. The number of rotatable bonds is 3. The van der Waals surface area contributed by atoms with Gasteiger partial charge in [-0.05, 0) is 50.3 Å². The van der Waals surface area contributed by atoms with Crippen molar-refractivity contribution in [3.63, 3.8) is 0 Å². The molecule has 3 N–H and O–H groups in total. The minimum Gasteiger partial charge on any atom is -0.506 e. The third-order valence-corrected chi connectivity index (χ3v) is 4.90. The van der Waals surface area contributed by atoms with E-state index in [0.29, 0.717) is 8.95 Å². The summed E-state index contributed by atoms with van der Waals surface area (Å²) in [6, 6.07) is 1.80. The van der Waals surface area contributed by atoms with E-state index < -0.39 is 0 Å². The minimum atomic E-state index is -0.0322. The molecule has 1 aromatic rings. The van der Waals surface area contributed by atoms with Gasteiger partial charge in [0.05, 0.1) is 8.95 Å². The summed E-state index contributed by atoms with van der Waals surface area (Å²) in [6.07, 6.45) is 3.55. The van der Waals surface area contributed by atoms with Gasteiger partial charge >= 0.3 is 0 Å². The molecule has 0 aromatic heterocycles. The number of benzene rings is 1. The highest BCUT2D eigenvalue weighted by atomic mass is 79.9. The standard InChI is InChI=1S/C11H12Br3NO/c12-6-4-7(13)11(16)10(14)9(6)8(15)3-5-1-2-5/h4-5,8,16H,1-3,15H2/t8-/m1/s1. The van der Waals surface area contributed by atoms with Gasteiger partial charge in [-0.25, -0.2) is 0 Å². The molecule has 1 atom stereocenters. The van der Waals surface area contributed by atoms with E-state index >= 15 is 0 Å². The number of phenolic OH excluding ortho intramolecular Hbond substituents is 1. The maximum absolute atomic E-state index is 9.84. The Labute approximate surface area is 120 Å². The largest absolute Gasteiger partial charge is 0.506 e. The van der Waals surface area contributed by atoms with E-state index in [1.165, 1.54) is 12.8 Å². The molecule has 0 unspecified atom stereocenters. The van der Waals surface area contributed by atoms with Gasteiger partial charge in [-0.3, -0.25) is 0 Å². The lowest BCUT2D eigenvalue weighted by molar-refractivity contribution is 0.465. The summed E-state index contributed by atoms with van der Waals surface area (Å²) < 4.78 is 2.27. The fourth-order valence-electron chi connectivity index (χ4n) is 1.77. The van der Waals surface area contributed by atoms with Crippen LogP contribution in [0.15, 0.2) is 19.5 Å².